The van der Waals surface area contributed by atoms with Gasteiger partial charge < -0.3 is 0 Å². The van der Waals surface area contributed by atoms with Gasteiger partial charge in [-0.2, -0.15) is 0 Å². The van der Waals surface area contributed by atoms with Gasteiger partial charge in [-0.15, -0.1) is 0 Å². The second-order valence-corrected chi connectivity index (χ2v) is 5.44. The maximum absolute atomic E-state index is 13.7. The van der Waals surface area contributed by atoms with Crippen molar-refractivity contribution in [1.29, 1.82) is 0 Å². The predicted octanol–water partition coefficient (Wildman–Crippen LogP) is 4.21. The molecule has 16 heavy (non-hydrogen) atoms. The fraction of sp³-hybridized carbons (Fsp3) is 0.462. The molecule has 0 spiro atoms. The third-order valence-corrected chi connectivity index (χ3v) is 3.90. The number of carbonyl (C=O) groups is 1. The second-order valence-electron chi connectivity index (χ2n) is 4.58. The molecule has 2 atom stereocenters. The normalized spacial score (nSPS) is 24.7. The van der Waals surface area contributed by atoms with Crippen molar-refractivity contribution in [3.8, 4) is 0 Å². The first-order chi connectivity index (χ1) is 7.59. The summed E-state index contributed by atoms with van der Waals surface area (Å²) in [6.45, 7) is 2.14. The van der Waals surface area contributed by atoms with Gasteiger partial charge in [0.1, 0.15) is 5.82 Å². The molecule has 0 bridgehead atoms. The molecule has 1 aliphatic carbocycles. The molecular formula is C13H14BrFO. The van der Waals surface area contributed by atoms with Gasteiger partial charge in [0.2, 0.25) is 0 Å². The Morgan fingerprint density at radius 2 is 2.19 bits per heavy atom. The van der Waals surface area contributed by atoms with Crippen LogP contribution < -0.4 is 0 Å². The molecule has 0 amide bonds. The molecule has 1 aromatic rings. The molecule has 0 aromatic heterocycles. The van der Waals surface area contributed by atoms with Crippen molar-refractivity contribution in [3.63, 3.8) is 0 Å². The Morgan fingerprint density at radius 3 is 2.81 bits per heavy atom. The van der Waals surface area contributed by atoms with E-state index in [0.29, 0.717) is 10.4 Å². The largest absolute Gasteiger partial charge is 0.294 e. The van der Waals surface area contributed by atoms with E-state index in [1.807, 2.05) is 0 Å². The Bertz CT molecular complexity index is 416. The summed E-state index contributed by atoms with van der Waals surface area (Å²) in [5.41, 5.74) is 0.230. The van der Waals surface area contributed by atoms with Gasteiger partial charge >= 0.3 is 0 Å². The molecule has 3 heteroatoms. The first kappa shape index (κ1) is 11.8. The van der Waals surface area contributed by atoms with Gasteiger partial charge in [0, 0.05) is 5.92 Å². The summed E-state index contributed by atoms with van der Waals surface area (Å²) >= 11 is 3.11. The fourth-order valence-corrected chi connectivity index (χ4v) is 2.73. The van der Waals surface area contributed by atoms with E-state index in [0.717, 1.165) is 19.3 Å². The summed E-state index contributed by atoms with van der Waals surface area (Å²) in [5, 5.41) is 0. The van der Waals surface area contributed by atoms with Crippen LogP contribution in [-0.4, -0.2) is 5.78 Å². The molecule has 1 aromatic carbocycles. The second kappa shape index (κ2) is 4.66. The number of ketones is 1. The Labute approximate surface area is 103 Å². The Kier molecular flexibility index (Phi) is 3.43. The van der Waals surface area contributed by atoms with Crippen LogP contribution in [0.3, 0.4) is 0 Å². The average molecular weight is 285 g/mol. The van der Waals surface area contributed by atoms with Crippen LogP contribution in [0.15, 0.2) is 22.7 Å². The first-order valence-corrected chi connectivity index (χ1v) is 6.37. The molecule has 2 rings (SSSR count). The minimum absolute atomic E-state index is 0.0128. The standard InChI is InChI=1S/C13H14BrFO/c1-8-5-6-9(7-8)13(16)10-3-2-4-11(14)12(10)15/h2-4,8-9H,5-7H2,1H3. The van der Waals surface area contributed by atoms with E-state index < -0.39 is 5.82 Å². The number of Topliss-reactive ketones (excluding diaryl/α,β-unsaturated/α-hetero) is 1. The maximum atomic E-state index is 13.7. The van der Waals surface area contributed by atoms with E-state index in [1.54, 1.807) is 18.2 Å². The summed E-state index contributed by atoms with van der Waals surface area (Å²) in [6, 6.07) is 4.90. The lowest BCUT2D eigenvalue weighted by molar-refractivity contribution is 0.0916. The highest BCUT2D eigenvalue weighted by Gasteiger charge is 2.29. The molecule has 1 nitrogen and oxygen atoms in total. The zero-order valence-electron chi connectivity index (χ0n) is 9.17. The Hall–Kier alpha value is -0.700. The lowest BCUT2D eigenvalue weighted by Crippen LogP contribution is -2.13. The van der Waals surface area contributed by atoms with E-state index in [4.69, 9.17) is 0 Å². The van der Waals surface area contributed by atoms with Crippen LogP contribution in [0.25, 0.3) is 0 Å². The number of carbonyl (C=O) groups excluding carboxylic acids is 1. The third-order valence-electron chi connectivity index (χ3n) is 3.28. The van der Waals surface area contributed by atoms with E-state index >= 15 is 0 Å². The molecule has 0 N–H and O–H groups in total. The van der Waals surface area contributed by atoms with Crippen LogP contribution in [-0.2, 0) is 0 Å². The molecular weight excluding hydrogens is 271 g/mol. The summed E-state index contributed by atoms with van der Waals surface area (Å²) in [7, 11) is 0. The minimum atomic E-state index is -0.424. The molecule has 2 unspecified atom stereocenters. The molecule has 1 aliphatic rings. The number of rotatable bonds is 2. The van der Waals surface area contributed by atoms with Gasteiger partial charge in [0.05, 0.1) is 10.0 Å². The lowest BCUT2D eigenvalue weighted by Gasteiger charge is -2.09. The molecule has 0 radical (unpaired) electrons. The molecule has 86 valence electrons. The number of benzene rings is 1. The first-order valence-electron chi connectivity index (χ1n) is 5.58. The van der Waals surface area contributed by atoms with Crippen LogP contribution in [0, 0.1) is 17.7 Å². The summed E-state index contributed by atoms with van der Waals surface area (Å²) in [6.07, 6.45) is 2.86. The number of hydrogen-bond donors (Lipinski definition) is 0. The van der Waals surface area contributed by atoms with Crippen LogP contribution in [0.1, 0.15) is 36.5 Å². The van der Waals surface area contributed by atoms with Gasteiger partial charge in [0.25, 0.3) is 0 Å². The predicted molar refractivity (Wildman–Crippen MR) is 64.9 cm³/mol. The van der Waals surface area contributed by atoms with E-state index in [-0.39, 0.29) is 17.3 Å². The topological polar surface area (TPSA) is 17.1 Å². The quantitative estimate of drug-likeness (QED) is 0.744. The van der Waals surface area contributed by atoms with Crippen LogP contribution in [0.2, 0.25) is 0 Å². The van der Waals surface area contributed by atoms with Crippen molar-refractivity contribution in [2.24, 2.45) is 11.8 Å². The van der Waals surface area contributed by atoms with Gasteiger partial charge in [-0.3, -0.25) is 4.79 Å². The summed E-state index contributed by atoms with van der Waals surface area (Å²) in [4.78, 5) is 12.1. The van der Waals surface area contributed by atoms with Crippen molar-refractivity contribution in [2.75, 3.05) is 0 Å². The van der Waals surface area contributed by atoms with Gasteiger partial charge in [-0.25, -0.2) is 4.39 Å². The SMILES string of the molecule is CC1CCC(C(=O)c2cccc(Br)c2F)C1. The highest BCUT2D eigenvalue weighted by atomic mass is 79.9. The van der Waals surface area contributed by atoms with Crippen molar-refractivity contribution < 1.29 is 9.18 Å². The molecule has 0 heterocycles. The van der Waals surface area contributed by atoms with Crippen molar-refractivity contribution in [1.82, 2.24) is 0 Å². The van der Waals surface area contributed by atoms with Crippen LogP contribution in [0.4, 0.5) is 4.39 Å². The lowest BCUT2D eigenvalue weighted by atomic mass is 9.95. The number of hydrogen-bond acceptors (Lipinski definition) is 1. The van der Waals surface area contributed by atoms with E-state index in [1.165, 1.54) is 0 Å². The highest BCUT2D eigenvalue weighted by molar-refractivity contribution is 9.10. The number of halogens is 2. The maximum Gasteiger partial charge on any atom is 0.168 e. The molecule has 0 aliphatic heterocycles. The van der Waals surface area contributed by atoms with Gasteiger partial charge in [0.15, 0.2) is 5.78 Å². The van der Waals surface area contributed by atoms with Crippen molar-refractivity contribution in [2.45, 2.75) is 26.2 Å². The highest BCUT2D eigenvalue weighted by Crippen LogP contribution is 2.33. The van der Waals surface area contributed by atoms with E-state index in [2.05, 4.69) is 22.9 Å². The van der Waals surface area contributed by atoms with Gasteiger partial charge in [-0.1, -0.05) is 13.0 Å². The van der Waals surface area contributed by atoms with Crippen LogP contribution >= 0.6 is 15.9 Å². The third kappa shape index (κ3) is 2.19. The Balaban J connectivity index is 2.24. The molecule has 0 saturated heterocycles. The summed E-state index contributed by atoms with van der Waals surface area (Å²) in [5.74, 6) is 0.137. The fourth-order valence-electron chi connectivity index (χ4n) is 2.36. The molecule has 1 saturated carbocycles. The van der Waals surface area contributed by atoms with Crippen LogP contribution in [0.5, 0.6) is 0 Å². The monoisotopic (exact) mass is 284 g/mol. The summed E-state index contributed by atoms with van der Waals surface area (Å²) < 4.78 is 14.1. The van der Waals surface area contributed by atoms with Crippen molar-refractivity contribution >= 4 is 21.7 Å². The minimum Gasteiger partial charge on any atom is -0.294 e. The van der Waals surface area contributed by atoms with Crippen molar-refractivity contribution in [3.05, 3.63) is 34.1 Å². The van der Waals surface area contributed by atoms with E-state index in [9.17, 15) is 9.18 Å². The Morgan fingerprint density at radius 1 is 1.44 bits per heavy atom. The zero-order valence-corrected chi connectivity index (χ0v) is 10.8. The average Bonchev–Trinajstić information content (AvgIpc) is 2.68. The zero-order chi connectivity index (χ0) is 11.7. The molecule has 1 fully saturated rings. The smallest absolute Gasteiger partial charge is 0.168 e. The van der Waals surface area contributed by atoms with Gasteiger partial charge in [-0.05, 0) is 53.2 Å².